The molecule has 0 spiro atoms. The van der Waals surface area contributed by atoms with Gasteiger partial charge in [0.05, 0.1) is 13.4 Å². The van der Waals surface area contributed by atoms with Crippen molar-refractivity contribution in [3.63, 3.8) is 0 Å². The molecule has 0 atom stereocenters. The highest BCUT2D eigenvalue weighted by Gasteiger charge is 2.11. The molecule has 0 N–H and O–H groups in total. The summed E-state index contributed by atoms with van der Waals surface area (Å²) < 4.78 is 7.08. The number of imidazole rings is 1. The normalized spacial score (nSPS) is 11.1. The number of rotatable bonds is 2. The van der Waals surface area contributed by atoms with Crippen LogP contribution in [-0.2, 0) is 0 Å². The molecule has 0 amide bonds. The molecule has 5 heteroatoms. The van der Waals surface area contributed by atoms with Gasteiger partial charge in [-0.2, -0.15) is 4.98 Å². The van der Waals surface area contributed by atoms with Gasteiger partial charge in [0.25, 0.3) is 0 Å². The van der Waals surface area contributed by atoms with E-state index in [0.29, 0.717) is 17.4 Å². The van der Waals surface area contributed by atoms with Crippen LogP contribution in [0.3, 0.4) is 0 Å². The van der Waals surface area contributed by atoms with Crippen molar-refractivity contribution in [1.82, 2.24) is 19.5 Å². The van der Waals surface area contributed by atoms with Crippen molar-refractivity contribution < 1.29 is 4.74 Å². The molecule has 2 heterocycles. The Morgan fingerprint density at radius 1 is 1.29 bits per heavy atom. The molecule has 0 bridgehead atoms. The first-order chi connectivity index (χ1) is 6.74. The molecule has 0 aromatic carbocycles. The molecule has 0 radical (unpaired) electrons. The zero-order valence-electron chi connectivity index (χ0n) is 8.43. The summed E-state index contributed by atoms with van der Waals surface area (Å²) in [5.41, 5.74) is 1.52. The van der Waals surface area contributed by atoms with Crippen LogP contribution in [-0.4, -0.2) is 26.6 Å². The lowest BCUT2D eigenvalue weighted by atomic mass is 10.4. The summed E-state index contributed by atoms with van der Waals surface area (Å²) in [6, 6.07) is 0.333. The highest BCUT2D eigenvalue weighted by Crippen LogP contribution is 2.21. The Labute approximate surface area is 81.8 Å². The summed E-state index contributed by atoms with van der Waals surface area (Å²) in [4.78, 5) is 12.4. The predicted molar refractivity (Wildman–Crippen MR) is 52.3 cm³/mol. The summed E-state index contributed by atoms with van der Waals surface area (Å²) in [5.74, 6) is 0.523. The highest BCUT2D eigenvalue weighted by molar-refractivity contribution is 5.75. The van der Waals surface area contributed by atoms with Crippen LogP contribution in [0.25, 0.3) is 11.2 Å². The molecule has 0 aliphatic heterocycles. The van der Waals surface area contributed by atoms with Gasteiger partial charge >= 0.3 is 0 Å². The van der Waals surface area contributed by atoms with Crippen molar-refractivity contribution >= 4 is 11.2 Å². The quantitative estimate of drug-likeness (QED) is 0.722. The van der Waals surface area contributed by atoms with E-state index in [2.05, 4.69) is 28.8 Å². The second-order valence-corrected chi connectivity index (χ2v) is 3.30. The fourth-order valence-electron chi connectivity index (χ4n) is 1.36. The van der Waals surface area contributed by atoms with Gasteiger partial charge < -0.3 is 9.30 Å². The van der Waals surface area contributed by atoms with Crippen LogP contribution in [0.15, 0.2) is 12.7 Å². The molecule has 5 nitrogen and oxygen atoms in total. The van der Waals surface area contributed by atoms with Crippen molar-refractivity contribution in [2.45, 2.75) is 19.9 Å². The SMILES string of the molecule is COc1ncnc2c1ncn2C(C)C. The molecule has 0 unspecified atom stereocenters. The number of hydrogen-bond donors (Lipinski definition) is 0. The summed E-state index contributed by atoms with van der Waals surface area (Å²) >= 11 is 0. The first-order valence-corrected chi connectivity index (χ1v) is 4.45. The average Bonchev–Trinajstić information content (AvgIpc) is 2.60. The molecular formula is C9H12N4O. The predicted octanol–water partition coefficient (Wildman–Crippen LogP) is 1.42. The Morgan fingerprint density at radius 2 is 2.07 bits per heavy atom. The van der Waals surface area contributed by atoms with Crippen molar-refractivity contribution in [2.24, 2.45) is 0 Å². The van der Waals surface area contributed by atoms with Crippen molar-refractivity contribution in [3.05, 3.63) is 12.7 Å². The number of hydrogen-bond acceptors (Lipinski definition) is 4. The van der Waals surface area contributed by atoms with Gasteiger partial charge in [0.15, 0.2) is 11.2 Å². The van der Waals surface area contributed by atoms with Gasteiger partial charge in [-0.25, -0.2) is 9.97 Å². The third kappa shape index (κ3) is 1.21. The van der Waals surface area contributed by atoms with Gasteiger partial charge in [-0.1, -0.05) is 0 Å². The van der Waals surface area contributed by atoms with Crippen LogP contribution in [0.2, 0.25) is 0 Å². The van der Waals surface area contributed by atoms with E-state index in [1.54, 1.807) is 13.4 Å². The number of fused-ring (bicyclic) bond motifs is 1. The maximum Gasteiger partial charge on any atom is 0.245 e. The van der Waals surface area contributed by atoms with Crippen molar-refractivity contribution in [2.75, 3.05) is 7.11 Å². The fourth-order valence-corrected chi connectivity index (χ4v) is 1.36. The molecule has 2 aromatic rings. The summed E-state index contributed by atoms with van der Waals surface area (Å²) in [6.07, 6.45) is 3.24. The van der Waals surface area contributed by atoms with E-state index in [-0.39, 0.29) is 0 Å². The lowest BCUT2D eigenvalue weighted by Crippen LogP contribution is -2.00. The molecule has 0 saturated carbocycles. The van der Waals surface area contributed by atoms with Gasteiger partial charge in [0.1, 0.15) is 6.33 Å². The maximum absolute atomic E-state index is 5.09. The fraction of sp³-hybridized carbons (Fsp3) is 0.444. The molecule has 2 rings (SSSR count). The van der Waals surface area contributed by atoms with E-state index >= 15 is 0 Å². The Kier molecular flexibility index (Phi) is 2.07. The lowest BCUT2D eigenvalue weighted by molar-refractivity contribution is 0.401. The molecule has 74 valence electrons. The van der Waals surface area contributed by atoms with Crippen LogP contribution in [0.4, 0.5) is 0 Å². The summed E-state index contributed by atoms with van der Waals surface area (Å²) in [5, 5.41) is 0. The van der Waals surface area contributed by atoms with Gasteiger partial charge in [-0.15, -0.1) is 0 Å². The highest BCUT2D eigenvalue weighted by atomic mass is 16.5. The number of ether oxygens (including phenoxy) is 1. The number of nitrogens with zero attached hydrogens (tertiary/aromatic N) is 4. The van der Waals surface area contributed by atoms with E-state index in [4.69, 9.17) is 4.74 Å². The first kappa shape index (κ1) is 8.93. The molecule has 14 heavy (non-hydrogen) atoms. The second kappa shape index (κ2) is 3.25. The monoisotopic (exact) mass is 192 g/mol. The second-order valence-electron chi connectivity index (χ2n) is 3.30. The summed E-state index contributed by atoms with van der Waals surface area (Å²) in [6.45, 7) is 4.16. The van der Waals surface area contributed by atoms with Gasteiger partial charge in [0, 0.05) is 6.04 Å². The molecular weight excluding hydrogens is 180 g/mol. The minimum absolute atomic E-state index is 0.333. The zero-order valence-corrected chi connectivity index (χ0v) is 8.43. The van der Waals surface area contributed by atoms with E-state index < -0.39 is 0 Å². The van der Waals surface area contributed by atoms with E-state index in [1.807, 2.05) is 4.57 Å². The van der Waals surface area contributed by atoms with E-state index in [0.717, 1.165) is 5.65 Å². The van der Waals surface area contributed by atoms with Crippen molar-refractivity contribution in [1.29, 1.82) is 0 Å². The third-order valence-corrected chi connectivity index (χ3v) is 2.07. The molecule has 0 aliphatic carbocycles. The van der Waals surface area contributed by atoms with Gasteiger partial charge in [0.2, 0.25) is 5.88 Å². The Balaban J connectivity index is 2.69. The molecule has 0 saturated heterocycles. The third-order valence-electron chi connectivity index (χ3n) is 2.07. The van der Waals surface area contributed by atoms with Crippen molar-refractivity contribution in [3.8, 4) is 5.88 Å². The number of aromatic nitrogens is 4. The zero-order chi connectivity index (χ0) is 10.1. The van der Waals surface area contributed by atoms with Crippen LogP contribution in [0.1, 0.15) is 19.9 Å². The van der Waals surface area contributed by atoms with Crippen LogP contribution in [0, 0.1) is 0 Å². The maximum atomic E-state index is 5.09. The summed E-state index contributed by atoms with van der Waals surface area (Å²) in [7, 11) is 1.58. The topological polar surface area (TPSA) is 52.8 Å². The molecule has 2 aromatic heterocycles. The van der Waals surface area contributed by atoms with Gasteiger partial charge in [-0.05, 0) is 13.8 Å². The smallest absolute Gasteiger partial charge is 0.245 e. The Bertz CT molecular complexity index is 449. The number of methoxy groups -OCH3 is 1. The minimum Gasteiger partial charge on any atom is -0.479 e. The van der Waals surface area contributed by atoms with Crippen LogP contribution < -0.4 is 4.74 Å². The minimum atomic E-state index is 0.333. The Hall–Kier alpha value is -1.65. The Morgan fingerprint density at radius 3 is 2.71 bits per heavy atom. The van der Waals surface area contributed by atoms with E-state index in [1.165, 1.54) is 6.33 Å². The van der Waals surface area contributed by atoms with Crippen LogP contribution in [0.5, 0.6) is 5.88 Å². The lowest BCUT2D eigenvalue weighted by Gasteiger charge is -2.06. The van der Waals surface area contributed by atoms with Crippen LogP contribution >= 0.6 is 0 Å². The van der Waals surface area contributed by atoms with Gasteiger partial charge in [-0.3, -0.25) is 0 Å². The molecule has 0 aliphatic rings. The van der Waals surface area contributed by atoms with E-state index in [9.17, 15) is 0 Å². The standard InChI is InChI=1S/C9H12N4O/c1-6(2)13-5-12-7-8(13)10-4-11-9(7)14-3/h4-6H,1-3H3. The molecule has 0 fully saturated rings. The largest absolute Gasteiger partial charge is 0.479 e. The first-order valence-electron chi connectivity index (χ1n) is 4.45. The average molecular weight is 192 g/mol.